The van der Waals surface area contributed by atoms with Gasteiger partial charge in [-0.1, -0.05) is 13.8 Å². The molecule has 1 rings (SSSR count). The van der Waals surface area contributed by atoms with Crippen LogP contribution in [0.2, 0.25) is 0 Å². The SMILES string of the molecule is CC(C)NC1CCNCCC1C(N)=O. The molecule has 1 aliphatic heterocycles. The molecule has 1 saturated heterocycles. The lowest BCUT2D eigenvalue weighted by atomic mass is 9.93. The van der Waals surface area contributed by atoms with Crippen LogP contribution in [0.15, 0.2) is 0 Å². The number of carbonyl (C=O) groups excluding carboxylic acids is 1. The summed E-state index contributed by atoms with van der Waals surface area (Å²) >= 11 is 0. The third kappa shape index (κ3) is 3.27. The highest BCUT2D eigenvalue weighted by Gasteiger charge is 2.27. The molecule has 0 aromatic carbocycles. The van der Waals surface area contributed by atoms with Gasteiger partial charge in [-0.2, -0.15) is 0 Å². The first-order valence-corrected chi connectivity index (χ1v) is 5.37. The molecule has 14 heavy (non-hydrogen) atoms. The first-order chi connectivity index (χ1) is 6.61. The minimum atomic E-state index is -0.174. The minimum absolute atomic E-state index is 0.0209. The molecule has 0 aromatic rings. The fraction of sp³-hybridized carbons (Fsp3) is 0.900. The van der Waals surface area contributed by atoms with E-state index in [9.17, 15) is 4.79 Å². The molecule has 0 aliphatic carbocycles. The zero-order valence-corrected chi connectivity index (χ0v) is 9.05. The van der Waals surface area contributed by atoms with Crippen molar-refractivity contribution in [3.63, 3.8) is 0 Å². The summed E-state index contributed by atoms with van der Waals surface area (Å²) in [7, 11) is 0. The summed E-state index contributed by atoms with van der Waals surface area (Å²) in [6.45, 7) is 6.05. The van der Waals surface area contributed by atoms with Crippen LogP contribution in [-0.2, 0) is 4.79 Å². The largest absolute Gasteiger partial charge is 0.369 e. The van der Waals surface area contributed by atoms with Gasteiger partial charge < -0.3 is 16.4 Å². The van der Waals surface area contributed by atoms with Gasteiger partial charge in [0.05, 0.1) is 5.92 Å². The second-order valence-corrected chi connectivity index (χ2v) is 4.26. The molecule has 0 radical (unpaired) electrons. The Balaban J connectivity index is 2.59. The number of hydrogen-bond acceptors (Lipinski definition) is 3. The third-order valence-electron chi connectivity index (χ3n) is 2.66. The van der Waals surface area contributed by atoms with E-state index in [0.717, 1.165) is 25.9 Å². The van der Waals surface area contributed by atoms with Crippen molar-refractivity contribution in [2.45, 2.75) is 38.8 Å². The molecular weight excluding hydrogens is 178 g/mol. The summed E-state index contributed by atoms with van der Waals surface area (Å²) in [6.07, 6.45) is 1.82. The van der Waals surface area contributed by atoms with Crippen LogP contribution in [-0.4, -0.2) is 31.1 Å². The highest BCUT2D eigenvalue weighted by molar-refractivity contribution is 5.77. The van der Waals surface area contributed by atoms with Crippen LogP contribution in [0.25, 0.3) is 0 Å². The van der Waals surface area contributed by atoms with Crippen LogP contribution >= 0.6 is 0 Å². The van der Waals surface area contributed by atoms with Crippen LogP contribution in [0.4, 0.5) is 0 Å². The highest BCUT2D eigenvalue weighted by Crippen LogP contribution is 2.14. The molecule has 1 aliphatic rings. The molecule has 2 atom stereocenters. The van der Waals surface area contributed by atoms with E-state index in [1.54, 1.807) is 0 Å². The molecule has 4 nitrogen and oxygen atoms in total. The molecule has 0 bridgehead atoms. The highest BCUT2D eigenvalue weighted by atomic mass is 16.1. The number of primary amides is 1. The molecule has 1 heterocycles. The van der Waals surface area contributed by atoms with Gasteiger partial charge in [-0.05, 0) is 25.9 Å². The number of amides is 1. The quantitative estimate of drug-likeness (QED) is 0.591. The van der Waals surface area contributed by atoms with E-state index in [2.05, 4.69) is 24.5 Å². The van der Waals surface area contributed by atoms with Gasteiger partial charge in [0.15, 0.2) is 0 Å². The van der Waals surface area contributed by atoms with E-state index in [-0.39, 0.29) is 17.9 Å². The molecule has 4 heteroatoms. The van der Waals surface area contributed by atoms with Gasteiger partial charge in [0, 0.05) is 12.1 Å². The first-order valence-electron chi connectivity index (χ1n) is 5.37. The van der Waals surface area contributed by atoms with Gasteiger partial charge in [0.1, 0.15) is 0 Å². The smallest absolute Gasteiger partial charge is 0.222 e. The van der Waals surface area contributed by atoms with Crippen molar-refractivity contribution in [1.29, 1.82) is 0 Å². The Morgan fingerprint density at radius 3 is 2.64 bits per heavy atom. The molecule has 1 amide bonds. The maximum Gasteiger partial charge on any atom is 0.222 e. The number of carbonyl (C=O) groups is 1. The molecule has 0 spiro atoms. The fourth-order valence-corrected chi connectivity index (χ4v) is 2.01. The Hall–Kier alpha value is -0.610. The van der Waals surface area contributed by atoms with Gasteiger partial charge in [-0.3, -0.25) is 4.79 Å². The molecule has 0 aromatic heterocycles. The lowest BCUT2D eigenvalue weighted by Crippen LogP contribution is -2.45. The lowest BCUT2D eigenvalue weighted by molar-refractivity contribution is -0.122. The fourth-order valence-electron chi connectivity index (χ4n) is 2.01. The molecule has 1 fully saturated rings. The van der Waals surface area contributed by atoms with Crippen molar-refractivity contribution >= 4 is 5.91 Å². The number of nitrogens with two attached hydrogens (primary N) is 1. The van der Waals surface area contributed by atoms with E-state index in [1.807, 2.05) is 0 Å². The van der Waals surface area contributed by atoms with E-state index in [0.29, 0.717) is 6.04 Å². The van der Waals surface area contributed by atoms with Gasteiger partial charge in [-0.25, -0.2) is 0 Å². The summed E-state index contributed by atoms with van der Waals surface area (Å²) in [6, 6.07) is 0.641. The second-order valence-electron chi connectivity index (χ2n) is 4.26. The van der Waals surface area contributed by atoms with E-state index >= 15 is 0 Å². The topological polar surface area (TPSA) is 67.2 Å². The molecule has 4 N–H and O–H groups in total. The van der Waals surface area contributed by atoms with Crippen LogP contribution in [0, 0.1) is 5.92 Å². The van der Waals surface area contributed by atoms with Crippen LogP contribution in [0.5, 0.6) is 0 Å². The molecule has 82 valence electrons. The second kappa shape index (κ2) is 5.32. The minimum Gasteiger partial charge on any atom is -0.369 e. The summed E-state index contributed by atoms with van der Waals surface area (Å²) < 4.78 is 0. The van der Waals surface area contributed by atoms with Crippen LogP contribution < -0.4 is 16.4 Å². The first kappa shape index (κ1) is 11.5. The van der Waals surface area contributed by atoms with Crippen molar-refractivity contribution in [1.82, 2.24) is 10.6 Å². The number of rotatable bonds is 3. The van der Waals surface area contributed by atoms with Gasteiger partial charge in [0.25, 0.3) is 0 Å². The molecule has 2 unspecified atom stereocenters. The Morgan fingerprint density at radius 2 is 2.07 bits per heavy atom. The zero-order valence-electron chi connectivity index (χ0n) is 9.05. The Kier molecular flexibility index (Phi) is 4.35. The third-order valence-corrected chi connectivity index (χ3v) is 2.66. The average Bonchev–Trinajstić information content (AvgIpc) is 2.28. The summed E-state index contributed by atoms with van der Waals surface area (Å²) in [5, 5.41) is 6.70. The van der Waals surface area contributed by atoms with Gasteiger partial charge in [0.2, 0.25) is 5.91 Å². The van der Waals surface area contributed by atoms with Crippen molar-refractivity contribution in [3.8, 4) is 0 Å². The van der Waals surface area contributed by atoms with Crippen molar-refractivity contribution in [3.05, 3.63) is 0 Å². The van der Waals surface area contributed by atoms with E-state index in [1.165, 1.54) is 0 Å². The van der Waals surface area contributed by atoms with Gasteiger partial charge >= 0.3 is 0 Å². The summed E-state index contributed by atoms with van der Waals surface area (Å²) in [4.78, 5) is 11.3. The summed E-state index contributed by atoms with van der Waals surface area (Å²) in [5.74, 6) is -0.195. The van der Waals surface area contributed by atoms with Crippen molar-refractivity contribution < 1.29 is 4.79 Å². The van der Waals surface area contributed by atoms with Gasteiger partial charge in [-0.15, -0.1) is 0 Å². The summed E-state index contributed by atoms with van der Waals surface area (Å²) in [5.41, 5.74) is 5.40. The normalized spacial score (nSPS) is 28.8. The predicted molar refractivity (Wildman–Crippen MR) is 56.8 cm³/mol. The van der Waals surface area contributed by atoms with Crippen LogP contribution in [0.3, 0.4) is 0 Å². The maximum absolute atomic E-state index is 11.3. The maximum atomic E-state index is 11.3. The molecular formula is C10H21N3O. The Morgan fingerprint density at radius 1 is 1.43 bits per heavy atom. The molecule has 0 saturated carbocycles. The Labute approximate surface area is 85.6 Å². The van der Waals surface area contributed by atoms with Crippen molar-refractivity contribution in [2.24, 2.45) is 11.7 Å². The monoisotopic (exact) mass is 199 g/mol. The van der Waals surface area contributed by atoms with Crippen LogP contribution in [0.1, 0.15) is 26.7 Å². The standard InChI is InChI=1S/C10H21N3O/c1-7(2)13-9-4-6-12-5-3-8(9)10(11)14/h7-9,12-13H,3-6H2,1-2H3,(H2,11,14). The predicted octanol–water partition coefficient (Wildman–Crippen LogP) is -0.162. The number of nitrogens with one attached hydrogen (secondary N) is 2. The Bertz CT molecular complexity index is 194. The van der Waals surface area contributed by atoms with E-state index in [4.69, 9.17) is 5.73 Å². The van der Waals surface area contributed by atoms with Crippen molar-refractivity contribution in [2.75, 3.05) is 13.1 Å². The zero-order chi connectivity index (χ0) is 10.6. The van der Waals surface area contributed by atoms with E-state index < -0.39 is 0 Å². The number of hydrogen-bond donors (Lipinski definition) is 3. The lowest BCUT2D eigenvalue weighted by Gasteiger charge is -2.25. The average molecular weight is 199 g/mol.